The molecule has 1 aliphatic heterocycles. The van der Waals surface area contributed by atoms with E-state index in [2.05, 4.69) is 22.2 Å². The lowest BCUT2D eigenvalue weighted by Gasteiger charge is -2.18. The van der Waals surface area contributed by atoms with Crippen molar-refractivity contribution in [3.05, 3.63) is 48.3 Å². The molecule has 7 heteroatoms. The number of amides is 1. The number of aromatic nitrogens is 4. The number of imidazole rings is 2. The summed E-state index contributed by atoms with van der Waals surface area (Å²) in [4.78, 5) is 21.8. The van der Waals surface area contributed by atoms with Crippen molar-refractivity contribution in [2.75, 3.05) is 6.61 Å². The fraction of sp³-hybridized carbons (Fsp3) is 0.421. The maximum absolute atomic E-state index is 12.8. The smallest absolute Gasteiger partial charge is 0.226 e. The van der Waals surface area contributed by atoms with Crippen LogP contribution in [-0.2, 0) is 29.7 Å². The first-order valence-corrected chi connectivity index (χ1v) is 8.99. The number of hydrogen-bond acceptors (Lipinski definition) is 4. The zero-order valence-corrected chi connectivity index (χ0v) is 15.1. The topological polar surface area (TPSA) is 74.0 Å². The molecule has 136 valence electrons. The second-order valence-corrected chi connectivity index (χ2v) is 6.55. The van der Waals surface area contributed by atoms with Crippen LogP contribution in [0.1, 0.15) is 31.1 Å². The fourth-order valence-corrected chi connectivity index (χ4v) is 3.61. The normalized spacial score (nSPS) is 19.9. The molecule has 26 heavy (non-hydrogen) atoms. The average Bonchev–Trinajstić information content (AvgIpc) is 3.38. The maximum Gasteiger partial charge on any atom is 0.226 e. The number of carbonyl (C=O) groups excluding carboxylic acids is 1. The highest BCUT2D eigenvalue weighted by atomic mass is 16.5. The Morgan fingerprint density at radius 3 is 3.04 bits per heavy atom. The van der Waals surface area contributed by atoms with Crippen molar-refractivity contribution in [1.82, 2.24) is 24.4 Å². The van der Waals surface area contributed by atoms with Gasteiger partial charge in [0, 0.05) is 32.6 Å². The second-order valence-electron chi connectivity index (χ2n) is 6.55. The van der Waals surface area contributed by atoms with Crippen molar-refractivity contribution < 1.29 is 9.53 Å². The number of para-hydroxylation sites is 2. The minimum Gasteiger partial charge on any atom is -0.369 e. The predicted molar refractivity (Wildman–Crippen MR) is 97.3 cm³/mol. The lowest BCUT2D eigenvalue weighted by atomic mass is 10.00. The molecular formula is C19H23N5O2. The van der Waals surface area contributed by atoms with Crippen molar-refractivity contribution in [2.45, 2.75) is 32.5 Å². The summed E-state index contributed by atoms with van der Waals surface area (Å²) in [5.41, 5.74) is 2.00. The zero-order valence-electron chi connectivity index (χ0n) is 15.1. The molecule has 0 radical (unpaired) electrons. The summed E-state index contributed by atoms with van der Waals surface area (Å²) in [6, 6.07) is 7.96. The molecule has 1 N–H and O–H groups in total. The molecule has 2 aromatic heterocycles. The highest BCUT2D eigenvalue weighted by Crippen LogP contribution is 2.33. The summed E-state index contributed by atoms with van der Waals surface area (Å²) in [5, 5.41) is 3.03. The summed E-state index contributed by atoms with van der Waals surface area (Å²) < 4.78 is 9.88. The van der Waals surface area contributed by atoms with Crippen molar-refractivity contribution >= 4 is 16.9 Å². The van der Waals surface area contributed by atoms with E-state index in [4.69, 9.17) is 4.74 Å². The summed E-state index contributed by atoms with van der Waals surface area (Å²) in [6.45, 7) is 3.84. The van der Waals surface area contributed by atoms with Gasteiger partial charge < -0.3 is 19.2 Å². The van der Waals surface area contributed by atoms with Crippen LogP contribution in [0, 0.1) is 5.92 Å². The average molecular weight is 353 g/mol. The molecule has 0 bridgehead atoms. The molecule has 2 atom stereocenters. The Hall–Kier alpha value is -2.67. The molecule has 1 amide bonds. The number of rotatable bonds is 5. The van der Waals surface area contributed by atoms with E-state index >= 15 is 0 Å². The molecular weight excluding hydrogens is 330 g/mol. The van der Waals surface area contributed by atoms with Crippen LogP contribution in [-0.4, -0.2) is 31.6 Å². The van der Waals surface area contributed by atoms with Gasteiger partial charge in [0.2, 0.25) is 5.91 Å². The van der Waals surface area contributed by atoms with Crippen molar-refractivity contribution in [3.63, 3.8) is 0 Å². The third kappa shape index (κ3) is 2.88. The first-order valence-electron chi connectivity index (χ1n) is 8.99. The Morgan fingerprint density at radius 1 is 1.38 bits per heavy atom. The van der Waals surface area contributed by atoms with Crippen LogP contribution in [0.15, 0.2) is 36.7 Å². The first kappa shape index (κ1) is 16.8. The lowest BCUT2D eigenvalue weighted by Crippen LogP contribution is -2.33. The zero-order chi connectivity index (χ0) is 18.1. The number of fused-ring (bicyclic) bond motifs is 1. The van der Waals surface area contributed by atoms with Crippen molar-refractivity contribution in [2.24, 2.45) is 13.0 Å². The van der Waals surface area contributed by atoms with Gasteiger partial charge in [0.15, 0.2) is 0 Å². The molecule has 1 aliphatic rings. The van der Waals surface area contributed by atoms with Gasteiger partial charge in [-0.15, -0.1) is 0 Å². The van der Waals surface area contributed by atoms with Crippen LogP contribution in [0.3, 0.4) is 0 Å². The predicted octanol–water partition coefficient (Wildman–Crippen LogP) is 2.18. The quantitative estimate of drug-likeness (QED) is 0.763. The van der Waals surface area contributed by atoms with E-state index in [0.29, 0.717) is 19.6 Å². The number of nitrogens with zero attached hydrogens (tertiary/aromatic N) is 4. The molecule has 1 fully saturated rings. The maximum atomic E-state index is 12.8. The fourth-order valence-electron chi connectivity index (χ4n) is 3.61. The Morgan fingerprint density at radius 2 is 2.23 bits per heavy atom. The largest absolute Gasteiger partial charge is 0.369 e. The van der Waals surface area contributed by atoms with E-state index in [1.165, 1.54) is 0 Å². The van der Waals surface area contributed by atoms with E-state index in [-0.39, 0.29) is 17.9 Å². The third-order valence-electron chi connectivity index (χ3n) is 5.07. The van der Waals surface area contributed by atoms with Gasteiger partial charge in [-0.3, -0.25) is 4.79 Å². The highest BCUT2D eigenvalue weighted by molar-refractivity contribution is 5.80. The number of carbonyl (C=O) groups is 1. The summed E-state index contributed by atoms with van der Waals surface area (Å²) in [7, 11) is 1.97. The van der Waals surface area contributed by atoms with Gasteiger partial charge in [-0.1, -0.05) is 12.1 Å². The van der Waals surface area contributed by atoms with E-state index in [9.17, 15) is 4.79 Å². The number of nitrogens with one attached hydrogen (secondary N) is 1. The van der Waals surface area contributed by atoms with Crippen molar-refractivity contribution in [1.29, 1.82) is 0 Å². The van der Waals surface area contributed by atoms with Crippen LogP contribution in [0.5, 0.6) is 0 Å². The van der Waals surface area contributed by atoms with Gasteiger partial charge in [0.05, 0.1) is 23.5 Å². The van der Waals surface area contributed by atoms with Crippen LogP contribution in [0.25, 0.3) is 11.0 Å². The molecule has 7 nitrogen and oxygen atoms in total. The number of benzene rings is 1. The Bertz CT molecular complexity index is 929. The highest BCUT2D eigenvalue weighted by Gasteiger charge is 2.37. The SMILES string of the molecule is CCn1ccnc1[C@@H]1OCC[C@H]1C(=O)NCc1nc2ccccc2n1C. The minimum absolute atomic E-state index is 0.00907. The molecule has 1 saturated heterocycles. The molecule has 0 unspecified atom stereocenters. The monoisotopic (exact) mass is 353 g/mol. The molecule has 0 aliphatic carbocycles. The van der Waals surface area contributed by atoms with Gasteiger partial charge in [-0.25, -0.2) is 9.97 Å². The first-order chi connectivity index (χ1) is 12.7. The Balaban J connectivity index is 1.48. The van der Waals surface area contributed by atoms with Gasteiger partial charge >= 0.3 is 0 Å². The molecule has 3 aromatic rings. The summed E-state index contributed by atoms with van der Waals surface area (Å²) in [5.74, 6) is 1.43. The molecule has 3 heterocycles. The van der Waals surface area contributed by atoms with E-state index in [0.717, 1.165) is 29.2 Å². The Kier molecular flexibility index (Phi) is 4.46. The number of aryl methyl sites for hydroxylation is 2. The van der Waals surface area contributed by atoms with Crippen LogP contribution >= 0.6 is 0 Å². The van der Waals surface area contributed by atoms with Gasteiger partial charge in [-0.2, -0.15) is 0 Å². The van der Waals surface area contributed by atoms with Crippen LogP contribution in [0.2, 0.25) is 0 Å². The standard InChI is InChI=1S/C19H23N5O2/c1-3-24-10-9-20-18(24)17-13(8-11-26-17)19(25)21-12-16-22-14-6-4-5-7-15(14)23(16)2/h4-7,9-10,13,17H,3,8,11-12H2,1-2H3,(H,21,25)/t13-,17-/m1/s1. The van der Waals surface area contributed by atoms with E-state index in [1.807, 2.05) is 46.6 Å². The summed E-state index contributed by atoms with van der Waals surface area (Å²) >= 11 is 0. The summed E-state index contributed by atoms with van der Waals surface area (Å²) in [6.07, 6.45) is 4.10. The van der Waals surface area contributed by atoms with Crippen LogP contribution in [0.4, 0.5) is 0 Å². The van der Waals surface area contributed by atoms with E-state index < -0.39 is 0 Å². The lowest BCUT2D eigenvalue weighted by molar-refractivity contribution is -0.127. The number of hydrogen-bond donors (Lipinski definition) is 1. The third-order valence-corrected chi connectivity index (χ3v) is 5.07. The van der Waals surface area contributed by atoms with Crippen LogP contribution < -0.4 is 5.32 Å². The van der Waals surface area contributed by atoms with E-state index in [1.54, 1.807) is 6.20 Å². The Labute approximate surface area is 152 Å². The minimum atomic E-state index is -0.287. The molecule has 0 spiro atoms. The molecule has 0 saturated carbocycles. The van der Waals surface area contributed by atoms with Gasteiger partial charge in [-0.05, 0) is 25.5 Å². The molecule has 1 aromatic carbocycles. The van der Waals surface area contributed by atoms with Crippen molar-refractivity contribution in [3.8, 4) is 0 Å². The molecule has 4 rings (SSSR count). The number of ether oxygens (including phenoxy) is 1. The van der Waals surface area contributed by atoms with Gasteiger partial charge in [0.1, 0.15) is 17.8 Å². The second kappa shape index (κ2) is 6.92. The van der Waals surface area contributed by atoms with Gasteiger partial charge in [0.25, 0.3) is 0 Å².